The van der Waals surface area contributed by atoms with E-state index >= 15 is 0 Å². The van der Waals surface area contributed by atoms with Gasteiger partial charge in [-0.15, -0.1) is 4.73 Å². The molecule has 1 rings (SSSR count). The molecule has 0 saturated heterocycles. The zero-order valence-corrected chi connectivity index (χ0v) is 8.16. The molecule has 0 radical (unpaired) electrons. The van der Waals surface area contributed by atoms with Gasteiger partial charge in [-0.3, -0.25) is 4.79 Å². The molecule has 0 aliphatic rings. The molecule has 0 amide bonds. The molecule has 1 N–H and O–H groups in total. The lowest BCUT2D eigenvalue weighted by Gasteiger charge is -1.97. The second-order valence-electron chi connectivity index (χ2n) is 1.69. The second-order valence-corrected chi connectivity index (χ2v) is 3.25. The minimum Gasteiger partial charge on any atom is -0.424 e. The third kappa shape index (κ3) is 1.38. The van der Waals surface area contributed by atoms with Crippen molar-refractivity contribution in [3.8, 4) is 0 Å². The van der Waals surface area contributed by atoms with Gasteiger partial charge in [0.2, 0.25) is 0 Å². The van der Waals surface area contributed by atoms with E-state index < -0.39 is 11.2 Å². The van der Waals surface area contributed by atoms with Crippen LogP contribution in [0.25, 0.3) is 0 Å². The summed E-state index contributed by atoms with van der Waals surface area (Å²) in [5, 5.41) is 8.79. The van der Waals surface area contributed by atoms with Gasteiger partial charge in [0.25, 0.3) is 5.56 Å². The molecule has 7 heteroatoms. The highest BCUT2D eigenvalue weighted by Crippen LogP contribution is 1.98. The van der Waals surface area contributed by atoms with E-state index in [1.807, 2.05) is 0 Å². The predicted molar refractivity (Wildman–Crippen MR) is 44.2 cm³/mol. The van der Waals surface area contributed by atoms with Crippen LogP contribution in [0, 0.1) is 0 Å². The Bertz CT molecular complexity index is 359. The van der Waals surface area contributed by atoms with Gasteiger partial charge in [0.1, 0.15) is 4.47 Å². The van der Waals surface area contributed by atoms with Gasteiger partial charge in [0.05, 0.1) is 22.3 Å². The van der Waals surface area contributed by atoms with Gasteiger partial charge in [-0.2, -0.15) is 3.59 Å². The van der Waals surface area contributed by atoms with Crippen LogP contribution in [0.3, 0.4) is 0 Å². The summed E-state index contributed by atoms with van der Waals surface area (Å²) in [5.41, 5.74) is -1.40. The largest absolute Gasteiger partial charge is 0.424 e. The molecule has 0 fully saturated rings. The van der Waals surface area contributed by atoms with E-state index in [2.05, 4.69) is 32.1 Å². The highest BCUT2D eigenvalue weighted by atomic mass is 79.9. The zero-order valence-electron chi connectivity index (χ0n) is 4.99. The Morgan fingerprint density at radius 2 is 2.00 bits per heavy atom. The zero-order chi connectivity index (χ0) is 8.59. The third-order valence-electron chi connectivity index (χ3n) is 0.982. The molecule has 0 bridgehead atoms. The van der Waals surface area contributed by atoms with Crippen molar-refractivity contribution in [2.24, 2.45) is 0 Å². The maximum absolute atomic E-state index is 10.9. The maximum atomic E-state index is 10.9. The molecule has 5 nitrogen and oxygen atoms in total. The monoisotopic (exact) mass is 284 g/mol. The van der Waals surface area contributed by atoms with Crippen LogP contribution >= 0.6 is 32.1 Å². The number of halogens is 2. The van der Waals surface area contributed by atoms with Crippen molar-refractivity contribution in [3.63, 3.8) is 0 Å². The van der Waals surface area contributed by atoms with E-state index in [-0.39, 0.29) is 4.47 Å². The first-order valence-electron chi connectivity index (χ1n) is 2.43. The van der Waals surface area contributed by atoms with Gasteiger partial charge in [-0.25, -0.2) is 4.79 Å². The summed E-state index contributed by atoms with van der Waals surface area (Å²) in [6, 6.07) is 0. The third-order valence-corrected chi connectivity index (χ3v) is 2.15. The Morgan fingerprint density at radius 1 is 1.45 bits per heavy atom. The molecule has 0 unspecified atom stereocenters. The number of hydrogen-bond acceptors (Lipinski definition) is 3. The number of aromatic nitrogens is 2. The molecule has 0 aliphatic heterocycles. The molecular weight excluding hydrogens is 284 g/mol. The summed E-state index contributed by atoms with van der Waals surface area (Å²) >= 11 is 5.51. The van der Waals surface area contributed by atoms with Crippen molar-refractivity contribution in [3.05, 3.63) is 31.5 Å². The molecule has 0 aromatic carbocycles. The van der Waals surface area contributed by atoms with E-state index in [9.17, 15) is 9.59 Å². The minimum atomic E-state index is -0.849. The highest BCUT2D eigenvalue weighted by molar-refractivity contribution is 9.10. The van der Waals surface area contributed by atoms with Crippen LogP contribution in [0.15, 0.2) is 20.3 Å². The van der Waals surface area contributed by atoms with Crippen molar-refractivity contribution in [2.45, 2.75) is 0 Å². The van der Waals surface area contributed by atoms with Gasteiger partial charge in [0.15, 0.2) is 0 Å². The standard InChI is InChI=1S/C4H2Br2N2O3/c5-2-1-7(11)4(10)8(6)3(2)9/h1,11H. The molecule has 0 saturated carbocycles. The molecule has 1 heterocycles. The fourth-order valence-corrected chi connectivity index (χ4v) is 1.45. The van der Waals surface area contributed by atoms with Crippen LogP contribution in [0.2, 0.25) is 0 Å². The van der Waals surface area contributed by atoms with Crippen LogP contribution in [0.5, 0.6) is 0 Å². The fraction of sp³-hybridized carbons (Fsp3) is 0. The number of rotatable bonds is 0. The van der Waals surface area contributed by atoms with E-state index in [1.54, 1.807) is 0 Å². The number of hydrogen-bond donors (Lipinski definition) is 1. The average Bonchev–Trinajstić information content (AvgIpc) is 1.97. The SMILES string of the molecule is O=c1c(Br)cn(O)c(=O)n1Br. The Hall–Kier alpha value is -0.560. The highest BCUT2D eigenvalue weighted by Gasteiger charge is 2.05. The van der Waals surface area contributed by atoms with E-state index in [0.717, 1.165) is 6.20 Å². The first-order chi connectivity index (χ1) is 5.04. The van der Waals surface area contributed by atoms with Crippen LogP contribution in [0.1, 0.15) is 0 Å². The first-order valence-corrected chi connectivity index (χ1v) is 3.94. The summed E-state index contributed by atoms with van der Waals surface area (Å²) in [6.07, 6.45) is 0.975. The van der Waals surface area contributed by atoms with E-state index in [0.29, 0.717) is 8.32 Å². The fourth-order valence-electron chi connectivity index (χ4n) is 0.488. The first kappa shape index (κ1) is 8.54. The lowest BCUT2D eigenvalue weighted by molar-refractivity contribution is 0.167. The Labute approximate surface area is 77.3 Å². The predicted octanol–water partition coefficient (Wildman–Crippen LogP) is 0.168. The van der Waals surface area contributed by atoms with Gasteiger partial charge in [-0.05, 0) is 15.9 Å². The average molecular weight is 286 g/mol. The van der Waals surface area contributed by atoms with Crippen molar-refractivity contribution in [1.82, 2.24) is 8.32 Å². The van der Waals surface area contributed by atoms with Gasteiger partial charge in [0, 0.05) is 0 Å². The van der Waals surface area contributed by atoms with Gasteiger partial charge in [-0.1, -0.05) is 0 Å². The molecule has 1 aromatic heterocycles. The lowest BCUT2D eigenvalue weighted by Crippen LogP contribution is -2.34. The molecule has 0 spiro atoms. The van der Waals surface area contributed by atoms with Crippen LogP contribution in [0.4, 0.5) is 0 Å². The molecule has 11 heavy (non-hydrogen) atoms. The molecule has 0 aliphatic carbocycles. The van der Waals surface area contributed by atoms with Crippen molar-refractivity contribution in [1.29, 1.82) is 0 Å². The minimum absolute atomic E-state index is 0.0940. The quantitative estimate of drug-likeness (QED) is 0.691. The molecule has 1 aromatic rings. The Balaban J connectivity index is 3.74. The summed E-state index contributed by atoms with van der Waals surface area (Å²) in [6.45, 7) is 0. The van der Waals surface area contributed by atoms with Gasteiger partial charge < -0.3 is 5.21 Å². The van der Waals surface area contributed by atoms with E-state index in [1.165, 1.54) is 0 Å². The molecular formula is C4H2Br2N2O3. The Morgan fingerprint density at radius 3 is 2.55 bits per heavy atom. The topological polar surface area (TPSA) is 64.2 Å². The molecule has 0 atom stereocenters. The number of nitrogens with zero attached hydrogens (tertiary/aromatic N) is 2. The summed E-state index contributed by atoms with van der Waals surface area (Å²) in [4.78, 5) is 21.6. The Kier molecular flexibility index (Phi) is 2.19. The van der Waals surface area contributed by atoms with Crippen LogP contribution in [-0.2, 0) is 0 Å². The van der Waals surface area contributed by atoms with Crippen molar-refractivity contribution in [2.75, 3.05) is 0 Å². The lowest BCUT2D eigenvalue weighted by atomic mass is 10.7. The summed E-state index contributed by atoms with van der Waals surface area (Å²) in [5.74, 6) is 0. The smallest absolute Gasteiger partial charge is 0.374 e. The van der Waals surface area contributed by atoms with Gasteiger partial charge >= 0.3 is 5.69 Å². The summed E-state index contributed by atoms with van der Waals surface area (Å²) < 4.78 is 0.994. The maximum Gasteiger partial charge on any atom is 0.374 e. The van der Waals surface area contributed by atoms with Crippen molar-refractivity contribution < 1.29 is 5.21 Å². The van der Waals surface area contributed by atoms with E-state index in [4.69, 9.17) is 5.21 Å². The van der Waals surface area contributed by atoms with Crippen molar-refractivity contribution >= 4 is 32.1 Å². The van der Waals surface area contributed by atoms with Crippen LogP contribution < -0.4 is 11.2 Å². The summed E-state index contributed by atoms with van der Waals surface area (Å²) in [7, 11) is 0. The second kappa shape index (κ2) is 2.82. The van der Waals surface area contributed by atoms with Crippen LogP contribution in [-0.4, -0.2) is 13.5 Å². The normalized spacial score (nSPS) is 10.0. The molecule has 60 valence electrons.